The molecule has 0 spiro atoms. The van der Waals surface area contributed by atoms with Crippen LogP contribution >= 0.6 is 0 Å². The number of aromatic nitrogens is 2. The van der Waals surface area contributed by atoms with E-state index in [4.69, 9.17) is 6.42 Å². The summed E-state index contributed by atoms with van der Waals surface area (Å²) in [6.07, 6.45) is 10.2. The van der Waals surface area contributed by atoms with Gasteiger partial charge in [0.25, 0.3) is 11.8 Å². The summed E-state index contributed by atoms with van der Waals surface area (Å²) in [4.78, 5) is 50.7. The zero-order valence-corrected chi connectivity index (χ0v) is 16.8. The van der Waals surface area contributed by atoms with Crippen molar-refractivity contribution < 1.29 is 19.2 Å². The Morgan fingerprint density at radius 2 is 2.00 bits per heavy atom. The molecule has 4 rings (SSSR count). The quantitative estimate of drug-likeness (QED) is 0.331. The summed E-state index contributed by atoms with van der Waals surface area (Å²) in [5, 5.41) is 4.16. The van der Waals surface area contributed by atoms with Crippen LogP contribution in [0.5, 0.6) is 0 Å². The van der Waals surface area contributed by atoms with Crippen molar-refractivity contribution in [1.29, 1.82) is 0 Å². The number of terminal acetylenes is 1. The molecule has 0 radical (unpaired) electrons. The van der Waals surface area contributed by atoms with Gasteiger partial charge in [0.05, 0.1) is 35.3 Å². The van der Waals surface area contributed by atoms with Crippen molar-refractivity contribution in [2.75, 3.05) is 0 Å². The molecule has 2 heterocycles. The first-order valence-corrected chi connectivity index (χ1v) is 10.0. The zero-order chi connectivity index (χ0) is 22.0. The van der Waals surface area contributed by atoms with Crippen LogP contribution < -0.4 is 0 Å². The highest BCUT2D eigenvalue weighted by Gasteiger charge is 2.45. The molecule has 1 unspecified atom stereocenters. The maximum atomic E-state index is 13.0. The lowest BCUT2D eigenvalue weighted by Crippen LogP contribution is -2.47. The van der Waals surface area contributed by atoms with Crippen LogP contribution in [0.3, 0.4) is 0 Å². The molecule has 1 aromatic heterocycles. The van der Waals surface area contributed by atoms with Gasteiger partial charge in [-0.25, -0.2) is 0 Å². The molecule has 1 aromatic carbocycles. The second-order valence-electron chi connectivity index (χ2n) is 7.49. The Kier molecular flexibility index (Phi) is 5.51. The molecule has 0 N–H and O–H groups in total. The summed E-state index contributed by atoms with van der Waals surface area (Å²) in [5.74, 6) is 6.99. The van der Waals surface area contributed by atoms with Gasteiger partial charge in [-0.15, -0.1) is 6.42 Å². The Hall–Kier alpha value is -3.97. The summed E-state index contributed by atoms with van der Waals surface area (Å²) in [6, 6.07) is 4.06. The van der Waals surface area contributed by atoms with E-state index in [0.717, 1.165) is 16.9 Å². The molecule has 2 aliphatic rings. The maximum Gasteiger partial charge on any atom is 0.263 e. The van der Waals surface area contributed by atoms with Gasteiger partial charge in [0.15, 0.2) is 5.78 Å². The van der Waals surface area contributed by atoms with E-state index in [1.165, 1.54) is 0 Å². The van der Waals surface area contributed by atoms with Gasteiger partial charge in [-0.2, -0.15) is 5.10 Å². The average Bonchev–Trinajstić information content (AvgIpc) is 3.32. The van der Waals surface area contributed by atoms with E-state index in [-0.39, 0.29) is 42.0 Å². The number of benzene rings is 1. The molecule has 1 atom stereocenters. The predicted molar refractivity (Wildman–Crippen MR) is 111 cm³/mol. The number of aryl methyl sites for hydroxylation is 1. The molecule has 0 saturated heterocycles. The molecule has 7 heteroatoms. The van der Waals surface area contributed by atoms with Gasteiger partial charge in [-0.1, -0.05) is 23.8 Å². The summed E-state index contributed by atoms with van der Waals surface area (Å²) < 4.78 is 1.75. The Morgan fingerprint density at radius 3 is 2.74 bits per heavy atom. The molecule has 31 heavy (non-hydrogen) atoms. The van der Waals surface area contributed by atoms with Crippen LogP contribution in [0.4, 0.5) is 0 Å². The first-order valence-electron chi connectivity index (χ1n) is 10.0. The van der Waals surface area contributed by atoms with Gasteiger partial charge in [-0.3, -0.25) is 28.8 Å². The van der Waals surface area contributed by atoms with Crippen molar-refractivity contribution in [2.24, 2.45) is 0 Å². The smallest absolute Gasteiger partial charge is 0.263 e. The van der Waals surface area contributed by atoms with Crippen molar-refractivity contribution in [3.05, 3.63) is 52.8 Å². The van der Waals surface area contributed by atoms with Crippen LogP contribution in [0.2, 0.25) is 0 Å². The van der Waals surface area contributed by atoms with E-state index in [0.29, 0.717) is 18.5 Å². The fourth-order valence-electron chi connectivity index (χ4n) is 3.87. The number of imide groups is 1. The third-order valence-corrected chi connectivity index (χ3v) is 5.41. The fraction of sp³-hybridized carbons (Fsp3) is 0.292. The summed E-state index contributed by atoms with van der Waals surface area (Å²) in [6.45, 7) is 0.664. The van der Waals surface area contributed by atoms with Crippen molar-refractivity contribution in [3.8, 4) is 24.2 Å². The fourth-order valence-corrected chi connectivity index (χ4v) is 3.87. The number of amides is 2. The Bertz CT molecular complexity index is 1210. The topological polar surface area (TPSA) is 89.3 Å². The lowest BCUT2D eigenvalue weighted by Gasteiger charge is -2.27. The molecular formula is C24H19N3O4. The van der Waals surface area contributed by atoms with Crippen LogP contribution in [0, 0.1) is 24.2 Å². The number of Topliss-reactive ketones (excluding diaryl/α,β-unsaturated/α-hetero) is 2. The van der Waals surface area contributed by atoms with Gasteiger partial charge in [0.2, 0.25) is 0 Å². The van der Waals surface area contributed by atoms with Gasteiger partial charge in [0.1, 0.15) is 5.78 Å². The number of rotatable bonds is 4. The van der Waals surface area contributed by atoms with Gasteiger partial charge >= 0.3 is 0 Å². The Balaban J connectivity index is 1.47. The molecule has 2 aromatic rings. The van der Waals surface area contributed by atoms with E-state index in [2.05, 4.69) is 22.9 Å². The molecule has 2 amide bonds. The Morgan fingerprint density at radius 1 is 1.16 bits per heavy atom. The first kappa shape index (κ1) is 20.3. The molecule has 1 aliphatic carbocycles. The number of ketones is 2. The van der Waals surface area contributed by atoms with E-state index in [9.17, 15) is 19.2 Å². The molecule has 1 fully saturated rings. The maximum absolute atomic E-state index is 13.0. The van der Waals surface area contributed by atoms with Crippen LogP contribution in [0.15, 0.2) is 30.6 Å². The highest BCUT2D eigenvalue weighted by molar-refractivity contribution is 6.24. The molecule has 0 bridgehead atoms. The summed E-state index contributed by atoms with van der Waals surface area (Å²) in [7, 11) is 0. The lowest BCUT2D eigenvalue weighted by atomic mass is 9.92. The minimum Gasteiger partial charge on any atom is -0.299 e. The second-order valence-corrected chi connectivity index (χ2v) is 7.49. The zero-order valence-electron chi connectivity index (χ0n) is 16.8. The molecular weight excluding hydrogens is 394 g/mol. The van der Waals surface area contributed by atoms with Gasteiger partial charge < -0.3 is 0 Å². The third-order valence-electron chi connectivity index (χ3n) is 5.41. The number of carbonyl (C=O) groups excluding carboxylic acids is 4. The number of unbranched alkanes of at least 4 members (excludes halogenated alkanes) is 1. The number of hydrogen-bond acceptors (Lipinski definition) is 5. The van der Waals surface area contributed by atoms with Crippen LogP contribution in [-0.4, -0.2) is 44.1 Å². The summed E-state index contributed by atoms with van der Waals surface area (Å²) in [5.41, 5.74) is 1.67. The average molecular weight is 413 g/mol. The molecule has 1 saturated carbocycles. The number of nitrogens with zero attached hydrogens (tertiary/aromatic N) is 3. The van der Waals surface area contributed by atoms with E-state index in [1.54, 1.807) is 35.3 Å². The van der Waals surface area contributed by atoms with Gasteiger partial charge in [-0.05, 0) is 25.0 Å². The molecule has 154 valence electrons. The summed E-state index contributed by atoms with van der Waals surface area (Å²) >= 11 is 0. The van der Waals surface area contributed by atoms with E-state index in [1.807, 2.05) is 0 Å². The lowest BCUT2D eigenvalue weighted by molar-refractivity contribution is -0.132. The minimum absolute atomic E-state index is 0.157. The largest absolute Gasteiger partial charge is 0.299 e. The SMILES string of the molecule is C#Cc1cnn(CCCC#Cc2cccc3c2C(=O)N(C2CCC(=O)CC2=O)C3=O)c1. The Labute approximate surface area is 179 Å². The van der Waals surface area contributed by atoms with Crippen molar-refractivity contribution in [3.63, 3.8) is 0 Å². The minimum atomic E-state index is -0.882. The molecule has 7 nitrogen and oxygen atoms in total. The third kappa shape index (κ3) is 3.91. The normalized spacial score (nSPS) is 17.9. The predicted octanol–water partition coefficient (Wildman–Crippen LogP) is 1.98. The van der Waals surface area contributed by atoms with E-state index >= 15 is 0 Å². The van der Waals surface area contributed by atoms with Crippen LogP contribution in [-0.2, 0) is 16.1 Å². The highest BCUT2D eigenvalue weighted by atomic mass is 16.2. The van der Waals surface area contributed by atoms with Gasteiger partial charge in [0, 0.05) is 31.1 Å². The van der Waals surface area contributed by atoms with Crippen LogP contribution in [0.1, 0.15) is 63.9 Å². The van der Waals surface area contributed by atoms with E-state index < -0.39 is 17.9 Å². The number of carbonyl (C=O) groups is 4. The first-order chi connectivity index (χ1) is 15.0. The highest BCUT2D eigenvalue weighted by Crippen LogP contribution is 2.30. The number of fused-ring (bicyclic) bond motifs is 1. The van der Waals surface area contributed by atoms with Crippen molar-refractivity contribution >= 4 is 23.4 Å². The molecule has 1 aliphatic heterocycles. The van der Waals surface area contributed by atoms with Crippen molar-refractivity contribution in [1.82, 2.24) is 14.7 Å². The van der Waals surface area contributed by atoms with Crippen molar-refractivity contribution in [2.45, 2.75) is 44.7 Å². The second kappa shape index (κ2) is 8.41. The van der Waals surface area contributed by atoms with Crippen LogP contribution in [0.25, 0.3) is 0 Å². The monoisotopic (exact) mass is 413 g/mol. The number of hydrogen-bond donors (Lipinski definition) is 0. The standard InChI is InChI=1S/C24H19N3O4/c1-2-16-14-25-26(15-16)12-5-3-4-7-17-8-6-9-19-22(17)24(31)27(23(19)30)20-11-10-18(28)13-21(20)29/h1,6,8-9,14-15,20H,3,5,10-13H2.